The number of hydrogen-bond acceptors (Lipinski definition) is 3. The molecule has 7 heteroatoms. The van der Waals surface area contributed by atoms with Crippen molar-refractivity contribution in [2.75, 3.05) is 18.5 Å². The van der Waals surface area contributed by atoms with Crippen molar-refractivity contribution in [1.29, 1.82) is 0 Å². The third-order valence-corrected chi connectivity index (χ3v) is 4.46. The SMILES string of the molecule is Cc1c(Br)cnc(NC(=S)NCC2CCCO2)c1Cl. The zero-order chi connectivity index (χ0) is 13.8. The summed E-state index contributed by atoms with van der Waals surface area (Å²) >= 11 is 14.8. The van der Waals surface area contributed by atoms with Crippen molar-refractivity contribution in [2.24, 2.45) is 0 Å². The molecule has 4 nitrogen and oxygen atoms in total. The van der Waals surface area contributed by atoms with Crippen LogP contribution in [0.25, 0.3) is 0 Å². The van der Waals surface area contributed by atoms with Crippen LogP contribution in [-0.4, -0.2) is 29.4 Å². The fraction of sp³-hybridized carbons (Fsp3) is 0.500. The van der Waals surface area contributed by atoms with Gasteiger partial charge in [-0.1, -0.05) is 11.6 Å². The highest BCUT2D eigenvalue weighted by Crippen LogP contribution is 2.28. The molecule has 1 aromatic rings. The van der Waals surface area contributed by atoms with E-state index in [1.54, 1.807) is 6.20 Å². The molecular formula is C12H15BrClN3OS. The summed E-state index contributed by atoms with van der Waals surface area (Å²) in [6, 6.07) is 0. The Labute approximate surface area is 131 Å². The number of halogens is 2. The van der Waals surface area contributed by atoms with E-state index in [0.29, 0.717) is 22.5 Å². The number of nitrogens with one attached hydrogen (secondary N) is 2. The Kier molecular flexibility index (Phi) is 5.38. The van der Waals surface area contributed by atoms with Gasteiger partial charge < -0.3 is 15.4 Å². The van der Waals surface area contributed by atoms with Gasteiger partial charge in [-0.3, -0.25) is 0 Å². The highest BCUT2D eigenvalue weighted by Gasteiger charge is 2.16. The third-order valence-electron chi connectivity index (χ3n) is 2.95. The van der Waals surface area contributed by atoms with Crippen LogP contribution in [0.4, 0.5) is 5.82 Å². The second kappa shape index (κ2) is 6.83. The Morgan fingerprint density at radius 2 is 2.47 bits per heavy atom. The van der Waals surface area contributed by atoms with E-state index in [1.165, 1.54) is 0 Å². The van der Waals surface area contributed by atoms with Gasteiger partial charge in [-0.15, -0.1) is 0 Å². The lowest BCUT2D eigenvalue weighted by molar-refractivity contribution is 0.114. The molecule has 1 aliphatic heterocycles. The molecule has 0 aliphatic carbocycles. The summed E-state index contributed by atoms with van der Waals surface area (Å²) < 4.78 is 6.39. The predicted octanol–water partition coefficient (Wildman–Crippen LogP) is 3.27. The van der Waals surface area contributed by atoms with E-state index in [1.807, 2.05) is 6.92 Å². The normalized spacial score (nSPS) is 18.4. The van der Waals surface area contributed by atoms with Gasteiger partial charge in [-0.25, -0.2) is 4.98 Å². The maximum atomic E-state index is 6.20. The monoisotopic (exact) mass is 363 g/mol. The van der Waals surface area contributed by atoms with Crippen molar-refractivity contribution >= 4 is 50.7 Å². The first-order valence-corrected chi connectivity index (χ1v) is 7.63. The Bertz CT molecular complexity index is 480. The van der Waals surface area contributed by atoms with Gasteiger partial charge in [0.1, 0.15) is 0 Å². The number of ether oxygens (including phenoxy) is 1. The van der Waals surface area contributed by atoms with Crippen molar-refractivity contribution < 1.29 is 4.74 Å². The molecule has 2 rings (SSSR count). The molecular weight excluding hydrogens is 350 g/mol. The zero-order valence-corrected chi connectivity index (χ0v) is 13.7. The number of pyridine rings is 1. The van der Waals surface area contributed by atoms with Crippen molar-refractivity contribution in [3.8, 4) is 0 Å². The predicted molar refractivity (Wildman–Crippen MR) is 84.9 cm³/mol. The van der Waals surface area contributed by atoms with Crippen LogP contribution in [0.1, 0.15) is 18.4 Å². The fourth-order valence-electron chi connectivity index (χ4n) is 1.81. The Hall–Kier alpha value is -0.430. The number of anilines is 1. The Balaban J connectivity index is 1.89. The molecule has 1 aromatic heterocycles. The fourth-order valence-corrected chi connectivity index (χ4v) is 2.60. The second-order valence-corrected chi connectivity index (χ2v) is 6.00. The maximum absolute atomic E-state index is 6.20. The first kappa shape index (κ1) is 15.0. The maximum Gasteiger partial charge on any atom is 0.172 e. The van der Waals surface area contributed by atoms with Gasteiger partial charge >= 0.3 is 0 Å². The smallest absolute Gasteiger partial charge is 0.172 e. The second-order valence-electron chi connectivity index (χ2n) is 4.36. The lowest BCUT2D eigenvalue weighted by Crippen LogP contribution is -2.35. The molecule has 1 aliphatic rings. The van der Waals surface area contributed by atoms with Crippen molar-refractivity contribution in [1.82, 2.24) is 10.3 Å². The minimum Gasteiger partial charge on any atom is -0.376 e. The molecule has 0 saturated carbocycles. The third kappa shape index (κ3) is 4.02. The molecule has 1 atom stereocenters. The average molecular weight is 365 g/mol. The summed E-state index contributed by atoms with van der Waals surface area (Å²) in [4.78, 5) is 4.21. The van der Waals surface area contributed by atoms with E-state index in [-0.39, 0.29) is 6.10 Å². The van der Waals surface area contributed by atoms with Crippen LogP contribution in [0.5, 0.6) is 0 Å². The van der Waals surface area contributed by atoms with E-state index >= 15 is 0 Å². The van der Waals surface area contributed by atoms with Crippen LogP contribution in [0.3, 0.4) is 0 Å². The van der Waals surface area contributed by atoms with Crippen LogP contribution < -0.4 is 10.6 Å². The Morgan fingerprint density at radius 1 is 1.68 bits per heavy atom. The first-order chi connectivity index (χ1) is 9.08. The number of nitrogens with zero attached hydrogens (tertiary/aromatic N) is 1. The van der Waals surface area contributed by atoms with Gasteiger partial charge in [0.2, 0.25) is 0 Å². The van der Waals surface area contributed by atoms with Gasteiger partial charge in [-0.05, 0) is 53.5 Å². The number of aromatic nitrogens is 1. The standard InChI is InChI=1S/C12H15BrClN3OS/c1-7-9(13)6-15-11(10(7)14)17-12(19)16-5-8-3-2-4-18-8/h6,8H,2-5H2,1H3,(H2,15,16,17,19). The summed E-state index contributed by atoms with van der Waals surface area (Å²) in [6.45, 7) is 3.47. The molecule has 0 aromatic carbocycles. The van der Waals surface area contributed by atoms with E-state index in [4.69, 9.17) is 28.6 Å². The minimum absolute atomic E-state index is 0.245. The highest BCUT2D eigenvalue weighted by molar-refractivity contribution is 9.10. The van der Waals surface area contributed by atoms with Crippen LogP contribution in [0, 0.1) is 6.92 Å². The van der Waals surface area contributed by atoms with Gasteiger partial charge in [0, 0.05) is 23.8 Å². The minimum atomic E-state index is 0.245. The molecule has 1 saturated heterocycles. The van der Waals surface area contributed by atoms with Gasteiger partial charge in [0.05, 0.1) is 11.1 Å². The lowest BCUT2D eigenvalue weighted by atomic mass is 10.2. The van der Waals surface area contributed by atoms with Gasteiger partial charge in [0.15, 0.2) is 10.9 Å². The molecule has 104 valence electrons. The summed E-state index contributed by atoms with van der Waals surface area (Å²) in [6.07, 6.45) is 4.14. The van der Waals surface area contributed by atoms with Crippen molar-refractivity contribution in [3.63, 3.8) is 0 Å². The molecule has 19 heavy (non-hydrogen) atoms. The molecule has 1 fully saturated rings. The van der Waals surface area contributed by atoms with Crippen molar-refractivity contribution in [3.05, 3.63) is 21.3 Å². The van der Waals surface area contributed by atoms with E-state index < -0.39 is 0 Å². The lowest BCUT2D eigenvalue weighted by Gasteiger charge is -2.15. The van der Waals surface area contributed by atoms with Crippen molar-refractivity contribution in [2.45, 2.75) is 25.9 Å². The van der Waals surface area contributed by atoms with Crippen LogP contribution in [-0.2, 0) is 4.74 Å². The zero-order valence-electron chi connectivity index (χ0n) is 10.5. The average Bonchev–Trinajstić information content (AvgIpc) is 2.90. The van der Waals surface area contributed by atoms with E-state index in [0.717, 1.165) is 29.5 Å². The molecule has 0 amide bonds. The molecule has 0 bridgehead atoms. The van der Waals surface area contributed by atoms with Gasteiger partial charge in [-0.2, -0.15) is 0 Å². The van der Waals surface area contributed by atoms with E-state index in [2.05, 4.69) is 31.5 Å². The quantitative estimate of drug-likeness (QED) is 0.806. The topological polar surface area (TPSA) is 46.2 Å². The molecule has 1 unspecified atom stereocenters. The van der Waals surface area contributed by atoms with Crippen LogP contribution in [0.2, 0.25) is 5.02 Å². The molecule has 0 radical (unpaired) electrons. The highest BCUT2D eigenvalue weighted by atomic mass is 79.9. The first-order valence-electron chi connectivity index (χ1n) is 6.05. The summed E-state index contributed by atoms with van der Waals surface area (Å²) in [7, 11) is 0. The summed E-state index contributed by atoms with van der Waals surface area (Å²) in [5, 5.41) is 7.19. The molecule has 2 heterocycles. The number of hydrogen-bond donors (Lipinski definition) is 2. The number of rotatable bonds is 3. The van der Waals surface area contributed by atoms with Gasteiger partial charge in [0.25, 0.3) is 0 Å². The number of thiocarbonyl (C=S) groups is 1. The molecule has 2 N–H and O–H groups in total. The molecule has 0 spiro atoms. The van der Waals surface area contributed by atoms with Crippen LogP contribution >= 0.6 is 39.7 Å². The van der Waals surface area contributed by atoms with E-state index in [9.17, 15) is 0 Å². The van der Waals surface area contributed by atoms with Crippen LogP contribution in [0.15, 0.2) is 10.7 Å². The summed E-state index contributed by atoms with van der Waals surface area (Å²) in [5.41, 5.74) is 0.932. The largest absolute Gasteiger partial charge is 0.376 e. The Morgan fingerprint density at radius 3 is 3.16 bits per heavy atom. The summed E-state index contributed by atoms with van der Waals surface area (Å²) in [5.74, 6) is 0.562.